The van der Waals surface area contributed by atoms with Crippen molar-refractivity contribution >= 4 is 49.7 Å². The molecule has 0 aliphatic carbocycles. The molecule has 0 spiro atoms. The molecule has 6 nitrogen and oxygen atoms in total. The van der Waals surface area contributed by atoms with Gasteiger partial charge in [-0.1, -0.05) is 387 Å². The van der Waals surface area contributed by atoms with Crippen LogP contribution in [0.3, 0.4) is 0 Å². The van der Waals surface area contributed by atoms with E-state index in [-0.39, 0.29) is 50.6 Å². The summed E-state index contributed by atoms with van der Waals surface area (Å²) < 4.78 is 0. The van der Waals surface area contributed by atoms with E-state index in [2.05, 4.69) is 51.3 Å². The van der Waals surface area contributed by atoms with Crippen molar-refractivity contribution in [3.63, 3.8) is 0 Å². The van der Waals surface area contributed by atoms with Crippen LogP contribution in [-0.4, -0.2) is 97.7 Å². The molecule has 0 amide bonds. The van der Waals surface area contributed by atoms with Gasteiger partial charge in [-0.25, -0.2) is 0 Å². The Labute approximate surface area is 578 Å². The van der Waals surface area contributed by atoms with Gasteiger partial charge in [0, 0.05) is 24.0 Å². The summed E-state index contributed by atoms with van der Waals surface area (Å²) in [5.41, 5.74) is 0. The van der Waals surface area contributed by atoms with Gasteiger partial charge >= 0.3 is 37.7 Å². The first-order valence-electron chi connectivity index (χ1n) is 40.1. The molecular weight excluding hydrogens is 1090 g/mol. The Morgan fingerprint density at radius 2 is 0.356 bits per heavy atom. The third-order valence-corrected chi connectivity index (χ3v) is 19.4. The monoisotopic (exact) mass is 1250 g/mol. The normalized spacial score (nSPS) is 12.2. The molecule has 0 rings (SSSR count). The van der Waals surface area contributed by atoms with Crippen molar-refractivity contribution in [1.82, 2.24) is 9.80 Å². The van der Waals surface area contributed by atoms with Crippen molar-refractivity contribution in [2.24, 2.45) is 0 Å². The molecule has 0 saturated carbocycles. The molecule has 0 aliphatic heterocycles. The van der Waals surface area contributed by atoms with Crippen molar-refractivity contribution in [3.8, 4) is 0 Å². The fraction of sp³-hybridized carbons (Fsp3) is 0.975. The molecule has 0 aromatic carbocycles. The van der Waals surface area contributed by atoms with Crippen molar-refractivity contribution in [2.75, 3.05) is 26.2 Å². The molecule has 0 heterocycles. The fourth-order valence-electron chi connectivity index (χ4n) is 13.3. The molecule has 0 aromatic heterocycles. The minimum Gasteiger partial charge on any atom is -0.550 e. The molecule has 0 aliphatic rings. The van der Waals surface area contributed by atoms with E-state index in [1.807, 2.05) is 0 Å². The van der Waals surface area contributed by atoms with Gasteiger partial charge < -0.3 is 29.6 Å². The van der Waals surface area contributed by atoms with Gasteiger partial charge in [0.25, 0.3) is 0 Å². The number of rotatable bonds is 74. The first-order valence-corrected chi connectivity index (χ1v) is 40.1. The number of carboxylic acids is 2. The largest absolute Gasteiger partial charge is 2.00 e. The Morgan fingerprint density at radius 3 is 0.483 bits per heavy atom. The van der Waals surface area contributed by atoms with E-state index in [1.165, 1.54) is 411 Å². The number of nitrogens with zero attached hydrogens (tertiary/aromatic N) is 2. The summed E-state index contributed by atoms with van der Waals surface area (Å²) in [5.74, 6) is -1.80. The van der Waals surface area contributed by atoms with Gasteiger partial charge in [-0.3, -0.25) is 0 Å². The average molecular weight is 1250 g/mol. The van der Waals surface area contributed by atoms with Crippen molar-refractivity contribution in [1.29, 1.82) is 0 Å². The number of carboxylic acid groups (broad SMARTS) is 2. The average Bonchev–Trinajstić information content (AvgIpc) is 3.53. The number of unbranched alkanes of at least 4 members (excludes halogenated alkanes) is 56. The van der Waals surface area contributed by atoms with Crippen LogP contribution in [-0.2, 0) is 9.59 Å². The number of carbonyl (C=O) groups is 2. The van der Waals surface area contributed by atoms with E-state index in [0.717, 1.165) is 25.7 Å². The Balaban J connectivity index is -0.00000160. The van der Waals surface area contributed by atoms with E-state index in [4.69, 9.17) is 0 Å². The van der Waals surface area contributed by atoms with Gasteiger partial charge in [-0.2, -0.15) is 0 Å². The molecule has 0 saturated heterocycles. The van der Waals surface area contributed by atoms with Crippen LogP contribution >= 0.6 is 0 Å². The maximum absolute atomic E-state index is 10.9. The fourth-order valence-corrected chi connectivity index (χ4v) is 13.3. The second-order valence-corrected chi connectivity index (χ2v) is 28.1. The van der Waals surface area contributed by atoms with E-state index >= 15 is 0 Å². The summed E-state index contributed by atoms with van der Waals surface area (Å²) in [5, 5.41) is 21.8. The summed E-state index contributed by atoms with van der Waals surface area (Å²) >= 11 is 0. The number of hydrogen-bond acceptors (Lipinski definition) is 6. The van der Waals surface area contributed by atoms with Crippen LogP contribution in [0.15, 0.2) is 0 Å². The van der Waals surface area contributed by atoms with Crippen LogP contribution in [0.4, 0.5) is 0 Å². The van der Waals surface area contributed by atoms with Gasteiger partial charge in [0.2, 0.25) is 0 Å². The zero-order chi connectivity index (χ0) is 63.0. The van der Waals surface area contributed by atoms with Gasteiger partial charge in [-0.05, 0) is 104 Å². The predicted octanol–water partition coefficient (Wildman–Crippen LogP) is 24.3. The first kappa shape index (κ1) is 91.3. The standard InChI is InChI=1S/2C40H81NO2.Ca/c2*1-4-6-8-10-12-14-16-18-20-22-24-26-28-30-32-37-41(39(3)35-34-36-40(42)43)38-33-31-29-27-25-23-21-19-17-15-13-11-9-7-5-2;/h2*39H,4-38H2,1-3H3,(H,42,43);/q;;+2/p-2. The second-order valence-electron chi connectivity index (χ2n) is 28.1. The molecule has 0 fully saturated rings. The number of hydrogen-bond donors (Lipinski definition) is 0. The van der Waals surface area contributed by atoms with Crippen LogP contribution in [0.25, 0.3) is 0 Å². The number of aliphatic carboxylic acids is 2. The van der Waals surface area contributed by atoms with Gasteiger partial charge in [0.05, 0.1) is 0 Å². The van der Waals surface area contributed by atoms with Crippen molar-refractivity contribution in [3.05, 3.63) is 0 Å². The summed E-state index contributed by atoms with van der Waals surface area (Å²) in [6.07, 6.45) is 88.4. The molecule has 0 aromatic rings. The van der Waals surface area contributed by atoms with Crippen molar-refractivity contribution < 1.29 is 19.8 Å². The molecular formula is C80H160CaN2O4. The maximum Gasteiger partial charge on any atom is 2.00 e. The third-order valence-electron chi connectivity index (χ3n) is 19.4. The van der Waals surface area contributed by atoms with E-state index in [1.54, 1.807) is 0 Å². The quantitative estimate of drug-likeness (QED) is 0.0445. The molecule has 7 heteroatoms. The van der Waals surface area contributed by atoms with E-state index in [9.17, 15) is 19.8 Å². The van der Waals surface area contributed by atoms with Crippen LogP contribution in [0.2, 0.25) is 0 Å². The maximum atomic E-state index is 10.9. The van der Waals surface area contributed by atoms with Crippen molar-refractivity contribution in [2.45, 2.75) is 477 Å². The molecule has 2 atom stereocenters. The number of carbonyl (C=O) groups excluding carboxylic acids is 2. The van der Waals surface area contributed by atoms with Crippen LogP contribution in [0.5, 0.6) is 0 Å². The second kappa shape index (κ2) is 80.4. The molecule has 87 heavy (non-hydrogen) atoms. The predicted molar refractivity (Wildman–Crippen MR) is 385 cm³/mol. The van der Waals surface area contributed by atoms with Crippen LogP contribution < -0.4 is 10.2 Å². The van der Waals surface area contributed by atoms with Crippen LogP contribution in [0.1, 0.15) is 465 Å². The zero-order valence-corrected chi connectivity index (χ0v) is 63.1. The molecule has 0 N–H and O–H groups in total. The summed E-state index contributed by atoms with van der Waals surface area (Å²) in [7, 11) is 0. The topological polar surface area (TPSA) is 86.7 Å². The van der Waals surface area contributed by atoms with E-state index < -0.39 is 11.9 Å². The molecule has 0 bridgehead atoms. The van der Waals surface area contributed by atoms with Crippen LogP contribution in [0, 0.1) is 0 Å². The zero-order valence-electron chi connectivity index (χ0n) is 60.9. The van der Waals surface area contributed by atoms with Gasteiger partial charge in [0.1, 0.15) is 0 Å². The Morgan fingerprint density at radius 1 is 0.230 bits per heavy atom. The summed E-state index contributed by atoms with van der Waals surface area (Å²) in [6, 6.07) is 0.968. The summed E-state index contributed by atoms with van der Waals surface area (Å²) in [4.78, 5) is 27.1. The first-order chi connectivity index (χ1) is 42.2. The van der Waals surface area contributed by atoms with Gasteiger partial charge in [-0.15, -0.1) is 0 Å². The molecule has 0 radical (unpaired) electrons. The Kier molecular flexibility index (Phi) is 84.3. The smallest absolute Gasteiger partial charge is 0.550 e. The third kappa shape index (κ3) is 78.5. The van der Waals surface area contributed by atoms with E-state index in [0.29, 0.717) is 12.1 Å². The SMILES string of the molecule is CCCCCCCCCCCCCCCCCN(CCCCCCCCCCCCCCCCC)C(C)CCCC(=O)[O-].CCCCCCCCCCCCCCCCCN(CCCCCCCCCCCCCCCCC)C(C)CCCC(=O)[O-].[Ca+2]. The molecule has 2 unspecified atom stereocenters. The molecule has 516 valence electrons. The Hall–Kier alpha value is 0.120. The summed E-state index contributed by atoms with van der Waals surface area (Å²) in [6.45, 7) is 18.5. The van der Waals surface area contributed by atoms with Gasteiger partial charge in [0.15, 0.2) is 0 Å². The minimum absolute atomic E-state index is 0. The Bertz CT molecular complexity index is 1110. The minimum atomic E-state index is -0.899.